The second kappa shape index (κ2) is 6.98. The highest BCUT2D eigenvalue weighted by atomic mass is 16.2. The van der Waals surface area contributed by atoms with Crippen LogP contribution in [0.25, 0.3) is 5.52 Å². The van der Waals surface area contributed by atoms with E-state index in [1.54, 1.807) is 0 Å². The van der Waals surface area contributed by atoms with Crippen molar-refractivity contribution in [3.05, 3.63) is 52.6 Å². The van der Waals surface area contributed by atoms with Crippen LogP contribution in [0, 0.1) is 20.8 Å². The largest absolute Gasteiger partial charge is 0.369 e. The standard InChI is InChI=1S/C22H27N7O/c1-13-9-16(28-7-5-27(4)6-8-28)10-17-20(13)24-21(25-22(17)30)18-11-19-15(3)23-14(2)12-29(19)26-18/h9-12,21,24H,5-8H2,1-4H3,(H,25,30). The van der Waals surface area contributed by atoms with E-state index >= 15 is 0 Å². The summed E-state index contributed by atoms with van der Waals surface area (Å²) in [5.41, 5.74) is 7.30. The summed E-state index contributed by atoms with van der Waals surface area (Å²) < 4.78 is 1.83. The van der Waals surface area contributed by atoms with Gasteiger partial charge in [-0.05, 0) is 51.6 Å². The Labute approximate surface area is 175 Å². The highest BCUT2D eigenvalue weighted by Crippen LogP contribution is 2.33. The average molecular weight is 406 g/mol. The van der Waals surface area contributed by atoms with Gasteiger partial charge < -0.3 is 20.4 Å². The predicted molar refractivity (Wildman–Crippen MR) is 117 cm³/mol. The second-order valence-corrected chi connectivity index (χ2v) is 8.39. The van der Waals surface area contributed by atoms with Crippen LogP contribution in [-0.4, -0.2) is 58.6 Å². The summed E-state index contributed by atoms with van der Waals surface area (Å²) in [6.45, 7) is 9.99. The van der Waals surface area contributed by atoms with E-state index in [1.807, 2.05) is 36.7 Å². The minimum Gasteiger partial charge on any atom is -0.369 e. The molecule has 5 rings (SSSR count). The van der Waals surface area contributed by atoms with E-state index in [0.717, 1.165) is 65.7 Å². The van der Waals surface area contributed by atoms with Crippen LogP contribution in [0.3, 0.4) is 0 Å². The number of anilines is 2. The first-order valence-corrected chi connectivity index (χ1v) is 10.4. The first kappa shape index (κ1) is 18.9. The molecule has 1 amide bonds. The quantitative estimate of drug-likeness (QED) is 0.681. The zero-order valence-electron chi connectivity index (χ0n) is 17.9. The number of nitrogens with zero attached hydrogens (tertiary/aromatic N) is 5. The number of nitrogens with one attached hydrogen (secondary N) is 2. The summed E-state index contributed by atoms with van der Waals surface area (Å²) in [4.78, 5) is 22.2. The maximum Gasteiger partial charge on any atom is 0.255 e. The molecule has 0 spiro atoms. The van der Waals surface area contributed by atoms with Crippen LogP contribution in [0.1, 0.15) is 39.2 Å². The average Bonchev–Trinajstić information content (AvgIpc) is 3.13. The van der Waals surface area contributed by atoms with Crippen molar-refractivity contribution in [1.82, 2.24) is 24.8 Å². The Bertz CT molecular complexity index is 1140. The molecule has 30 heavy (non-hydrogen) atoms. The van der Waals surface area contributed by atoms with Gasteiger partial charge in [-0.25, -0.2) is 4.52 Å². The van der Waals surface area contributed by atoms with E-state index in [2.05, 4.69) is 50.6 Å². The van der Waals surface area contributed by atoms with E-state index in [0.29, 0.717) is 5.56 Å². The van der Waals surface area contributed by atoms with Crippen LogP contribution < -0.4 is 15.5 Å². The number of hydrogen-bond acceptors (Lipinski definition) is 6. The van der Waals surface area contributed by atoms with Gasteiger partial charge in [0.15, 0.2) is 0 Å². The number of amides is 1. The molecule has 1 saturated heterocycles. The second-order valence-electron chi connectivity index (χ2n) is 8.39. The molecule has 2 aliphatic heterocycles. The van der Waals surface area contributed by atoms with Crippen molar-refractivity contribution in [3.8, 4) is 0 Å². The molecule has 0 bridgehead atoms. The van der Waals surface area contributed by atoms with Crippen molar-refractivity contribution >= 4 is 22.8 Å². The van der Waals surface area contributed by atoms with Gasteiger partial charge in [0.25, 0.3) is 5.91 Å². The molecule has 8 nitrogen and oxygen atoms in total. The van der Waals surface area contributed by atoms with Gasteiger partial charge in [0.2, 0.25) is 0 Å². The summed E-state index contributed by atoms with van der Waals surface area (Å²) in [6, 6.07) is 6.17. The zero-order valence-corrected chi connectivity index (χ0v) is 17.9. The monoisotopic (exact) mass is 405 g/mol. The number of aryl methyl sites for hydroxylation is 3. The Kier molecular flexibility index (Phi) is 4.39. The number of hydrogen-bond donors (Lipinski definition) is 2. The number of benzene rings is 1. The molecule has 0 radical (unpaired) electrons. The van der Waals surface area contributed by atoms with Crippen LogP contribution in [0.2, 0.25) is 0 Å². The molecule has 1 atom stereocenters. The van der Waals surface area contributed by atoms with Crippen molar-refractivity contribution in [2.24, 2.45) is 0 Å². The van der Waals surface area contributed by atoms with Gasteiger partial charge in [0.05, 0.1) is 34.4 Å². The topological polar surface area (TPSA) is 77.8 Å². The number of rotatable bonds is 2. The third-order valence-corrected chi connectivity index (χ3v) is 6.07. The van der Waals surface area contributed by atoms with Crippen LogP contribution in [0.4, 0.5) is 11.4 Å². The maximum atomic E-state index is 13.0. The first-order chi connectivity index (χ1) is 14.4. The normalized spacial score (nSPS) is 19.5. The third kappa shape index (κ3) is 3.17. The molecule has 2 N–H and O–H groups in total. The number of likely N-dealkylation sites (N-methyl/N-ethyl adjacent to an activating group) is 1. The summed E-state index contributed by atoms with van der Waals surface area (Å²) in [5, 5.41) is 11.2. The van der Waals surface area contributed by atoms with Crippen LogP contribution >= 0.6 is 0 Å². The van der Waals surface area contributed by atoms with E-state index in [1.165, 1.54) is 0 Å². The summed E-state index contributed by atoms with van der Waals surface area (Å²) >= 11 is 0. The minimum atomic E-state index is -0.377. The lowest BCUT2D eigenvalue weighted by Crippen LogP contribution is -2.45. The van der Waals surface area contributed by atoms with E-state index < -0.39 is 0 Å². The Hall–Kier alpha value is -3.13. The predicted octanol–water partition coefficient (Wildman–Crippen LogP) is 2.26. The lowest BCUT2D eigenvalue weighted by molar-refractivity contribution is 0.0934. The van der Waals surface area contributed by atoms with Gasteiger partial charge in [-0.1, -0.05) is 0 Å². The zero-order chi connectivity index (χ0) is 21.0. The molecule has 1 unspecified atom stereocenters. The maximum absolute atomic E-state index is 13.0. The molecule has 0 aliphatic carbocycles. The molecule has 8 heteroatoms. The van der Waals surface area contributed by atoms with Crippen molar-refractivity contribution in [2.75, 3.05) is 43.4 Å². The van der Waals surface area contributed by atoms with Crippen LogP contribution in [0.15, 0.2) is 24.4 Å². The number of aromatic nitrogens is 3. The summed E-state index contributed by atoms with van der Waals surface area (Å²) in [5.74, 6) is -0.0732. The number of fused-ring (bicyclic) bond motifs is 2. The van der Waals surface area contributed by atoms with Crippen LogP contribution in [0.5, 0.6) is 0 Å². The van der Waals surface area contributed by atoms with Crippen molar-refractivity contribution in [3.63, 3.8) is 0 Å². The van der Waals surface area contributed by atoms with Gasteiger partial charge in [-0.15, -0.1) is 0 Å². The number of carbonyl (C=O) groups excluding carboxylic acids is 1. The third-order valence-electron chi connectivity index (χ3n) is 6.07. The van der Waals surface area contributed by atoms with Gasteiger partial charge >= 0.3 is 0 Å². The molecule has 1 fully saturated rings. The molecule has 156 valence electrons. The van der Waals surface area contributed by atoms with Crippen molar-refractivity contribution in [1.29, 1.82) is 0 Å². The van der Waals surface area contributed by atoms with E-state index in [-0.39, 0.29) is 12.1 Å². The number of carbonyl (C=O) groups is 1. The van der Waals surface area contributed by atoms with Gasteiger partial charge in [-0.2, -0.15) is 5.10 Å². The van der Waals surface area contributed by atoms with Gasteiger partial charge in [-0.3, -0.25) is 9.78 Å². The molecule has 2 aromatic heterocycles. The molecule has 0 saturated carbocycles. The molecule has 3 aromatic rings. The molecule has 2 aliphatic rings. The Balaban J connectivity index is 1.47. The van der Waals surface area contributed by atoms with E-state index in [4.69, 9.17) is 0 Å². The fourth-order valence-electron chi connectivity index (χ4n) is 4.37. The molecular weight excluding hydrogens is 378 g/mol. The van der Waals surface area contributed by atoms with Crippen molar-refractivity contribution < 1.29 is 4.79 Å². The highest BCUT2D eigenvalue weighted by molar-refractivity contribution is 6.03. The smallest absolute Gasteiger partial charge is 0.255 e. The lowest BCUT2D eigenvalue weighted by Gasteiger charge is -2.35. The Morgan fingerprint density at radius 2 is 1.80 bits per heavy atom. The van der Waals surface area contributed by atoms with E-state index in [9.17, 15) is 4.79 Å². The lowest BCUT2D eigenvalue weighted by atomic mass is 10.0. The Morgan fingerprint density at radius 1 is 1.03 bits per heavy atom. The molecule has 4 heterocycles. The Morgan fingerprint density at radius 3 is 2.57 bits per heavy atom. The van der Waals surface area contributed by atoms with Gasteiger partial charge in [0.1, 0.15) is 11.9 Å². The summed E-state index contributed by atoms with van der Waals surface area (Å²) in [7, 11) is 2.14. The number of piperazine rings is 1. The highest BCUT2D eigenvalue weighted by Gasteiger charge is 2.29. The summed E-state index contributed by atoms with van der Waals surface area (Å²) in [6.07, 6.45) is 1.52. The van der Waals surface area contributed by atoms with Crippen LogP contribution in [-0.2, 0) is 0 Å². The molecular formula is C22H27N7O. The van der Waals surface area contributed by atoms with Crippen molar-refractivity contribution in [2.45, 2.75) is 26.9 Å². The first-order valence-electron chi connectivity index (χ1n) is 10.4. The molecule has 1 aromatic carbocycles. The SMILES string of the molecule is Cc1cn2nc(C3NC(=O)c4cc(N5CCN(C)CC5)cc(C)c4N3)cc2c(C)n1. The fraction of sp³-hybridized carbons (Fsp3) is 0.409. The fourth-order valence-corrected chi connectivity index (χ4v) is 4.37. The van der Waals surface area contributed by atoms with Gasteiger partial charge in [0, 0.05) is 31.9 Å². The minimum absolute atomic E-state index is 0.0732.